The third kappa shape index (κ3) is 2.44. The molecule has 0 fully saturated rings. The predicted molar refractivity (Wildman–Crippen MR) is 85.7 cm³/mol. The van der Waals surface area contributed by atoms with E-state index in [9.17, 15) is 9.90 Å². The van der Waals surface area contributed by atoms with Gasteiger partial charge in [0.15, 0.2) is 0 Å². The SMILES string of the molecule is COc1ccc(Cc2cn(C)c3ccccc23)cc1C(=O)O. The maximum atomic E-state index is 11.3. The fraction of sp³-hybridized carbons (Fsp3) is 0.167. The summed E-state index contributed by atoms with van der Waals surface area (Å²) in [6.07, 6.45) is 2.78. The number of fused-ring (bicyclic) bond motifs is 1. The zero-order valence-corrected chi connectivity index (χ0v) is 12.5. The molecule has 0 spiro atoms. The molecule has 22 heavy (non-hydrogen) atoms. The van der Waals surface area contributed by atoms with Crippen LogP contribution in [0, 0.1) is 0 Å². The molecule has 0 amide bonds. The van der Waals surface area contributed by atoms with E-state index >= 15 is 0 Å². The molecule has 0 saturated heterocycles. The lowest BCUT2D eigenvalue weighted by molar-refractivity contribution is 0.0693. The third-order valence-corrected chi connectivity index (χ3v) is 3.87. The van der Waals surface area contributed by atoms with Gasteiger partial charge in [0.25, 0.3) is 0 Å². The Kier molecular flexibility index (Phi) is 3.59. The fourth-order valence-corrected chi connectivity index (χ4v) is 2.82. The van der Waals surface area contributed by atoms with E-state index in [-0.39, 0.29) is 5.56 Å². The van der Waals surface area contributed by atoms with Crippen molar-refractivity contribution in [1.29, 1.82) is 0 Å². The normalized spacial score (nSPS) is 10.8. The Labute approximate surface area is 128 Å². The van der Waals surface area contributed by atoms with Crippen molar-refractivity contribution in [2.45, 2.75) is 6.42 Å². The number of aromatic nitrogens is 1. The second-order valence-corrected chi connectivity index (χ2v) is 5.30. The topological polar surface area (TPSA) is 51.5 Å². The van der Waals surface area contributed by atoms with Gasteiger partial charge in [0.2, 0.25) is 0 Å². The molecule has 2 aromatic carbocycles. The minimum absolute atomic E-state index is 0.195. The van der Waals surface area contributed by atoms with Gasteiger partial charge < -0.3 is 14.4 Å². The first-order chi connectivity index (χ1) is 10.6. The standard InChI is InChI=1S/C18H17NO3/c1-19-11-13(14-5-3-4-6-16(14)19)9-12-7-8-17(22-2)15(10-12)18(20)21/h3-8,10-11H,9H2,1-2H3,(H,20,21). The molecule has 3 aromatic rings. The van der Waals surface area contributed by atoms with Crippen LogP contribution < -0.4 is 4.74 Å². The highest BCUT2D eigenvalue weighted by Gasteiger charge is 2.13. The number of rotatable bonds is 4. The van der Waals surface area contributed by atoms with Crippen molar-refractivity contribution < 1.29 is 14.6 Å². The molecule has 0 saturated carbocycles. The van der Waals surface area contributed by atoms with E-state index in [0.717, 1.165) is 5.56 Å². The first-order valence-electron chi connectivity index (χ1n) is 7.03. The first kappa shape index (κ1) is 14.2. The summed E-state index contributed by atoms with van der Waals surface area (Å²) < 4.78 is 7.19. The molecule has 0 aliphatic heterocycles. The van der Waals surface area contributed by atoms with Crippen LogP contribution in [-0.4, -0.2) is 22.8 Å². The molecule has 1 N–H and O–H groups in total. The molecule has 4 heteroatoms. The van der Waals surface area contributed by atoms with Crippen molar-refractivity contribution >= 4 is 16.9 Å². The zero-order valence-electron chi connectivity index (χ0n) is 12.5. The Morgan fingerprint density at radius 3 is 2.73 bits per heavy atom. The van der Waals surface area contributed by atoms with Crippen molar-refractivity contribution in [3.63, 3.8) is 0 Å². The second kappa shape index (κ2) is 5.56. The third-order valence-electron chi connectivity index (χ3n) is 3.87. The molecule has 112 valence electrons. The minimum Gasteiger partial charge on any atom is -0.496 e. The molecule has 3 rings (SSSR count). The van der Waals surface area contributed by atoms with Crippen molar-refractivity contribution in [2.24, 2.45) is 7.05 Å². The van der Waals surface area contributed by atoms with Gasteiger partial charge in [-0.05, 0) is 35.7 Å². The highest BCUT2D eigenvalue weighted by molar-refractivity contribution is 5.91. The molecule has 1 heterocycles. The first-order valence-corrected chi connectivity index (χ1v) is 7.03. The Hall–Kier alpha value is -2.75. The van der Waals surface area contributed by atoms with Gasteiger partial charge >= 0.3 is 5.97 Å². The van der Waals surface area contributed by atoms with Gasteiger partial charge in [-0.25, -0.2) is 4.79 Å². The average molecular weight is 295 g/mol. The molecule has 0 aliphatic rings. The maximum absolute atomic E-state index is 11.3. The van der Waals surface area contributed by atoms with Gasteiger partial charge in [0.05, 0.1) is 7.11 Å². The van der Waals surface area contributed by atoms with Gasteiger partial charge in [-0.15, -0.1) is 0 Å². The number of methoxy groups -OCH3 is 1. The number of carboxylic acid groups (broad SMARTS) is 1. The lowest BCUT2D eigenvalue weighted by atomic mass is 10.0. The van der Waals surface area contributed by atoms with Crippen LogP contribution in [0.3, 0.4) is 0 Å². The quantitative estimate of drug-likeness (QED) is 0.801. The van der Waals surface area contributed by atoms with Gasteiger partial charge in [-0.3, -0.25) is 0 Å². The average Bonchev–Trinajstić information content (AvgIpc) is 2.84. The Morgan fingerprint density at radius 2 is 2.00 bits per heavy atom. The molecular weight excluding hydrogens is 278 g/mol. The van der Waals surface area contributed by atoms with E-state index < -0.39 is 5.97 Å². The van der Waals surface area contributed by atoms with E-state index in [4.69, 9.17) is 4.74 Å². The zero-order chi connectivity index (χ0) is 15.7. The van der Waals surface area contributed by atoms with Crippen LogP contribution in [0.15, 0.2) is 48.7 Å². The summed E-state index contributed by atoms with van der Waals surface area (Å²) in [6, 6.07) is 13.5. The number of aromatic carboxylic acids is 1. The Morgan fingerprint density at radius 1 is 1.23 bits per heavy atom. The van der Waals surface area contributed by atoms with E-state index in [0.29, 0.717) is 12.2 Å². The van der Waals surface area contributed by atoms with Crippen molar-refractivity contribution in [3.8, 4) is 5.75 Å². The summed E-state index contributed by atoms with van der Waals surface area (Å²) in [6.45, 7) is 0. The number of hydrogen-bond acceptors (Lipinski definition) is 2. The maximum Gasteiger partial charge on any atom is 0.339 e. The van der Waals surface area contributed by atoms with E-state index in [1.807, 2.05) is 25.2 Å². The number of ether oxygens (including phenoxy) is 1. The fourth-order valence-electron chi connectivity index (χ4n) is 2.82. The number of hydrogen-bond donors (Lipinski definition) is 1. The van der Waals surface area contributed by atoms with Crippen LogP contribution >= 0.6 is 0 Å². The number of nitrogens with zero attached hydrogens (tertiary/aromatic N) is 1. The second-order valence-electron chi connectivity index (χ2n) is 5.30. The number of carboxylic acids is 1. The summed E-state index contributed by atoms with van der Waals surface area (Å²) in [7, 11) is 3.49. The van der Waals surface area contributed by atoms with Crippen molar-refractivity contribution in [1.82, 2.24) is 4.57 Å². The molecule has 4 nitrogen and oxygen atoms in total. The summed E-state index contributed by atoms with van der Waals surface area (Å²) in [5, 5.41) is 10.5. The number of carbonyl (C=O) groups is 1. The van der Waals surface area contributed by atoms with E-state index in [2.05, 4.69) is 22.9 Å². The number of para-hydroxylation sites is 1. The van der Waals surface area contributed by atoms with Gasteiger partial charge in [0.1, 0.15) is 11.3 Å². The van der Waals surface area contributed by atoms with E-state index in [1.54, 1.807) is 12.1 Å². The van der Waals surface area contributed by atoms with Gasteiger partial charge in [-0.2, -0.15) is 0 Å². The summed E-state index contributed by atoms with van der Waals surface area (Å²) in [5.41, 5.74) is 3.50. The molecule has 0 bridgehead atoms. The van der Waals surface area contributed by atoms with Crippen LogP contribution in [0.1, 0.15) is 21.5 Å². The summed E-state index contributed by atoms with van der Waals surface area (Å²) in [4.78, 5) is 11.3. The lowest BCUT2D eigenvalue weighted by Crippen LogP contribution is -2.02. The largest absolute Gasteiger partial charge is 0.496 e. The predicted octanol–water partition coefficient (Wildman–Crippen LogP) is 3.48. The lowest BCUT2D eigenvalue weighted by Gasteiger charge is -2.07. The highest BCUT2D eigenvalue weighted by atomic mass is 16.5. The Bertz CT molecular complexity index is 849. The molecule has 1 aromatic heterocycles. The smallest absolute Gasteiger partial charge is 0.339 e. The summed E-state index contributed by atoms with van der Waals surface area (Å²) in [5.74, 6) is -0.592. The molecule has 0 radical (unpaired) electrons. The highest BCUT2D eigenvalue weighted by Crippen LogP contribution is 2.25. The molecule has 0 atom stereocenters. The van der Waals surface area contributed by atoms with E-state index in [1.165, 1.54) is 23.6 Å². The van der Waals surface area contributed by atoms with Gasteiger partial charge in [-0.1, -0.05) is 24.3 Å². The minimum atomic E-state index is -0.975. The van der Waals surface area contributed by atoms with Crippen LogP contribution in [0.4, 0.5) is 0 Å². The van der Waals surface area contributed by atoms with Crippen molar-refractivity contribution in [2.75, 3.05) is 7.11 Å². The molecule has 0 aliphatic carbocycles. The Balaban J connectivity index is 2.02. The van der Waals surface area contributed by atoms with Crippen molar-refractivity contribution in [3.05, 3.63) is 65.4 Å². The molecule has 0 unspecified atom stereocenters. The van der Waals surface area contributed by atoms with Crippen LogP contribution in [0.5, 0.6) is 5.75 Å². The van der Waals surface area contributed by atoms with Crippen LogP contribution in [-0.2, 0) is 13.5 Å². The van der Waals surface area contributed by atoms with Crippen LogP contribution in [0.2, 0.25) is 0 Å². The van der Waals surface area contributed by atoms with Crippen LogP contribution in [0.25, 0.3) is 10.9 Å². The van der Waals surface area contributed by atoms with Gasteiger partial charge in [0, 0.05) is 24.1 Å². The number of benzene rings is 2. The molecular formula is C18H17NO3. The number of aryl methyl sites for hydroxylation is 1. The monoisotopic (exact) mass is 295 g/mol. The summed E-state index contributed by atoms with van der Waals surface area (Å²) >= 11 is 0.